The van der Waals surface area contributed by atoms with Crippen molar-refractivity contribution in [1.82, 2.24) is 5.32 Å². The molecule has 6 nitrogen and oxygen atoms in total. The maximum atomic E-state index is 12.6. The molecule has 2 aromatic rings. The third kappa shape index (κ3) is 4.63. The molecule has 0 heterocycles. The van der Waals surface area contributed by atoms with Gasteiger partial charge in [0.25, 0.3) is 5.69 Å². The van der Waals surface area contributed by atoms with Gasteiger partial charge in [-0.15, -0.1) is 0 Å². The molecule has 8 heteroatoms. The summed E-state index contributed by atoms with van der Waals surface area (Å²) in [5.41, 5.74) is 1.37. The molecule has 128 valence electrons. The van der Waals surface area contributed by atoms with Gasteiger partial charge in [0.15, 0.2) is 11.5 Å². The minimum atomic E-state index is -2.95. The number of hydrogen-bond donors (Lipinski definition) is 1. The first kappa shape index (κ1) is 17.6. The van der Waals surface area contributed by atoms with Crippen LogP contribution < -0.4 is 14.8 Å². The van der Waals surface area contributed by atoms with E-state index in [-0.39, 0.29) is 23.7 Å². The highest BCUT2D eigenvalue weighted by Gasteiger charge is 2.15. The number of ether oxygens (including phenoxy) is 2. The van der Waals surface area contributed by atoms with Gasteiger partial charge in [0.2, 0.25) is 0 Å². The zero-order valence-electron chi connectivity index (χ0n) is 12.9. The monoisotopic (exact) mass is 338 g/mol. The number of methoxy groups -OCH3 is 1. The summed E-state index contributed by atoms with van der Waals surface area (Å²) in [6.45, 7) is -2.26. The summed E-state index contributed by atoms with van der Waals surface area (Å²) in [5, 5.41) is 13.7. The molecule has 0 saturated heterocycles. The van der Waals surface area contributed by atoms with E-state index in [2.05, 4.69) is 10.1 Å². The van der Waals surface area contributed by atoms with Crippen molar-refractivity contribution in [3.63, 3.8) is 0 Å². The molecule has 1 N–H and O–H groups in total. The fraction of sp³-hybridized carbons (Fsp3) is 0.250. The molecule has 2 rings (SSSR count). The van der Waals surface area contributed by atoms with E-state index in [1.54, 1.807) is 24.3 Å². The first-order valence-corrected chi connectivity index (χ1v) is 7.06. The Bertz CT molecular complexity index is 693. The Labute approximate surface area is 137 Å². The molecule has 0 aromatic heterocycles. The van der Waals surface area contributed by atoms with Crippen molar-refractivity contribution >= 4 is 5.69 Å². The predicted molar refractivity (Wildman–Crippen MR) is 83.3 cm³/mol. The second-order valence-corrected chi connectivity index (χ2v) is 4.85. The Morgan fingerprint density at radius 2 is 1.88 bits per heavy atom. The largest absolute Gasteiger partial charge is 0.493 e. The Morgan fingerprint density at radius 1 is 1.17 bits per heavy atom. The summed E-state index contributed by atoms with van der Waals surface area (Å²) >= 11 is 0. The highest BCUT2D eigenvalue weighted by molar-refractivity contribution is 5.46. The van der Waals surface area contributed by atoms with Gasteiger partial charge in [-0.3, -0.25) is 10.1 Å². The van der Waals surface area contributed by atoms with Gasteiger partial charge in [0, 0.05) is 30.8 Å². The fourth-order valence-corrected chi connectivity index (χ4v) is 2.16. The average molecular weight is 338 g/mol. The first-order chi connectivity index (χ1) is 11.5. The van der Waals surface area contributed by atoms with Crippen LogP contribution in [0.5, 0.6) is 11.5 Å². The molecule has 0 spiro atoms. The van der Waals surface area contributed by atoms with Crippen LogP contribution >= 0.6 is 0 Å². The number of nitro groups is 1. The molecule has 0 aliphatic heterocycles. The second kappa shape index (κ2) is 8.21. The molecule has 0 radical (unpaired) electrons. The smallest absolute Gasteiger partial charge is 0.387 e. The van der Waals surface area contributed by atoms with Crippen molar-refractivity contribution in [2.24, 2.45) is 0 Å². The third-order valence-electron chi connectivity index (χ3n) is 3.28. The number of halogens is 2. The third-order valence-corrected chi connectivity index (χ3v) is 3.28. The molecule has 0 unspecified atom stereocenters. The zero-order valence-corrected chi connectivity index (χ0v) is 12.9. The summed E-state index contributed by atoms with van der Waals surface area (Å²) in [5.74, 6) is 0.219. The zero-order chi connectivity index (χ0) is 17.5. The SMILES string of the molecule is COc1cccc(CNCc2ccc([N+](=O)[O-])cc2)c1OC(F)F. The summed E-state index contributed by atoms with van der Waals surface area (Å²) in [7, 11) is 1.38. The lowest BCUT2D eigenvalue weighted by molar-refractivity contribution is -0.384. The summed E-state index contributed by atoms with van der Waals surface area (Å²) in [6.07, 6.45) is 0. The van der Waals surface area contributed by atoms with Crippen molar-refractivity contribution in [3.05, 3.63) is 63.7 Å². The van der Waals surface area contributed by atoms with Gasteiger partial charge in [-0.2, -0.15) is 8.78 Å². The minimum Gasteiger partial charge on any atom is -0.493 e. The number of hydrogen-bond acceptors (Lipinski definition) is 5. The van der Waals surface area contributed by atoms with E-state index in [1.165, 1.54) is 25.3 Å². The Morgan fingerprint density at radius 3 is 2.46 bits per heavy atom. The molecule has 2 aromatic carbocycles. The van der Waals surface area contributed by atoms with Crippen molar-refractivity contribution in [2.75, 3.05) is 7.11 Å². The van der Waals surface area contributed by atoms with E-state index in [4.69, 9.17) is 4.74 Å². The predicted octanol–water partition coefficient (Wildman–Crippen LogP) is 3.49. The molecule has 0 fully saturated rings. The summed E-state index contributed by atoms with van der Waals surface area (Å²) in [6, 6.07) is 11.0. The van der Waals surface area contributed by atoms with Crippen LogP contribution in [0.3, 0.4) is 0 Å². The molecule has 0 amide bonds. The van der Waals surface area contributed by atoms with Crippen molar-refractivity contribution in [3.8, 4) is 11.5 Å². The van der Waals surface area contributed by atoms with E-state index in [9.17, 15) is 18.9 Å². The van der Waals surface area contributed by atoms with Crippen LogP contribution in [0.25, 0.3) is 0 Å². The molecule has 0 saturated carbocycles. The lowest BCUT2D eigenvalue weighted by Crippen LogP contribution is -2.15. The van der Waals surface area contributed by atoms with Crippen LogP contribution in [0.1, 0.15) is 11.1 Å². The topological polar surface area (TPSA) is 73.6 Å². The van der Waals surface area contributed by atoms with Gasteiger partial charge >= 0.3 is 6.61 Å². The second-order valence-electron chi connectivity index (χ2n) is 4.85. The molecule has 0 atom stereocenters. The number of nitro benzene ring substituents is 1. The van der Waals surface area contributed by atoms with Crippen LogP contribution in [-0.4, -0.2) is 18.6 Å². The van der Waals surface area contributed by atoms with Crippen molar-refractivity contribution in [2.45, 2.75) is 19.7 Å². The van der Waals surface area contributed by atoms with Crippen molar-refractivity contribution in [1.29, 1.82) is 0 Å². The molecule has 0 aliphatic rings. The van der Waals surface area contributed by atoms with Crippen LogP contribution in [0.2, 0.25) is 0 Å². The van der Waals surface area contributed by atoms with Gasteiger partial charge in [-0.05, 0) is 11.6 Å². The Kier molecular flexibility index (Phi) is 6.02. The molecular formula is C16H16F2N2O4. The van der Waals surface area contributed by atoms with E-state index in [0.29, 0.717) is 12.1 Å². The standard InChI is InChI=1S/C16H16F2N2O4/c1-23-14-4-2-3-12(15(14)24-16(17)18)10-19-9-11-5-7-13(8-6-11)20(21)22/h2-8,16,19H,9-10H2,1H3. The van der Waals surface area contributed by atoms with E-state index < -0.39 is 11.5 Å². The van der Waals surface area contributed by atoms with Crippen LogP contribution in [0.4, 0.5) is 14.5 Å². The fourth-order valence-electron chi connectivity index (χ4n) is 2.16. The van der Waals surface area contributed by atoms with Gasteiger partial charge < -0.3 is 14.8 Å². The summed E-state index contributed by atoms with van der Waals surface area (Å²) in [4.78, 5) is 10.1. The average Bonchev–Trinajstić information content (AvgIpc) is 2.56. The number of nitrogens with one attached hydrogen (secondary N) is 1. The molecule has 24 heavy (non-hydrogen) atoms. The molecular weight excluding hydrogens is 322 g/mol. The highest BCUT2D eigenvalue weighted by atomic mass is 19.3. The van der Waals surface area contributed by atoms with Crippen LogP contribution in [0.15, 0.2) is 42.5 Å². The van der Waals surface area contributed by atoms with E-state index in [1.807, 2.05) is 0 Å². The maximum absolute atomic E-state index is 12.6. The van der Waals surface area contributed by atoms with Gasteiger partial charge in [-0.1, -0.05) is 24.3 Å². The van der Waals surface area contributed by atoms with Gasteiger partial charge in [0.1, 0.15) is 0 Å². The van der Waals surface area contributed by atoms with Gasteiger partial charge in [0.05, 0.1) is 12.0 Å². The molecule has 0 bridgehead atoms. The maximum Gasteiger partial charge on any atom is 0.387 e. The number of benzene rings is 2. The van der Waals surface area contributed by atoms with E-state index >= 15 is 0 Å². The Hall–Kier alpha value is -2.74. The number of para-hydroxylation sites is 1. The lowest BCUT2D eigenvalue weighted by atomic mass is 10.1. The quantitative estimate of drug-likeness (QED) is 0.589. The minimum absolute atomic E-state index is 0.00815. The summed E-state index contributed by atoms with van der Waals surface area (Å²) < 4.78 is 34.7. The van der Waals surface area contributed by atoms with Gasteiger partial charge in [-0.25, -0.2) is 0 Å². The lowest BCUT2D eigenvalue weighted by Gasteiger charge is -2.14. The van der Waals surface area contributed by atoms with E-state index in [0.717, 1.165) is 5.56 Å². The number of non-ortho nitro benzene ring substituents is 1. The number of rotatable bonds is 8. The van der Waals surface area contributed by atoms with Crippen LogP contribution in [0, 0.1) is 10.1 Å². The number of alkyl halides is 2. The normalized spacial score (nSPS) is 10.7. The Balaban J connectivity index is 2.02. The first-order valence-electron chi connectivity index (χ1n) is 7.06. The number of nitrogens with zero attached hydrogens (tertiary/aromatic N) is 1. The molecule has 0 aliphatic carbocycles. The van der Waals surface area contributed by atoms with Crippen LogP contribution in [-0.2, 0) is 13.1 Å². The highest BCUT2D eigenvalue weighted by Crippen LogP contribution is 2.32. The van der Waals surface area contributed by atoms with Crippen molar-refractivity contribution < 1.29 is 23.2 Å².